The summed E-state index contributed by atoms with van der Waals surface area (Å²) in [5, 5.41) is 9.15. The maximum absolute atomic E-state index is 12.9. The van der Waals surface area contributed by atoms with E-state index in [0.29, 0.717) is 0 Å². The summed E-state index contributed by atoms with van der Waals surface area (Å²) in [6.07, 6.45) is 0.726. The van der Waals surface area contributed by atoms with E-state index in [0.717, 1.165) is 34.1 Å². The van der Waals surface area contributed by atoms with E-state index in [2.05, 4.69) is 22.3 Å². The summed E-state index contributed by atoms with van der Waals surface area (Å²) in [5.74, 6) is 1.02. The van der Waals surface area contributed by atoms with Gasteiger partial charge < -0.3 is 4.57 Å². The van der Waals surface area contributed by atoms with E-state index in [4.69, 9.17) is 0 Å². The van der Waals surface area contributed by atoms with Crippen LogP contribution >= 0.6 is 11.8 Å². The Balaban J connectivity index is 1.74. The molecular formula is C21H23N3OS. The minimum absolute atomic E-state index is 0.129. The van der Waals surface area contributed by atoms with Crippen LogP contribution in [0, 0.1) is 13.8 Å². The van der Waals surface area contributed by atoms with Gasteiger partial charge in [-0.2, -0.15) is 0 Å². The minimum atomic E-state index is -0.219. The van der Waals surface area contributed by atoms with Gasteiger partial charge in [-0.15, -0.1) is 10.2 Å². The summed E-state index contributed by atoms with van der Waals surface area (Å²) < 4.78 is 1.98. The van der Waals surface area contributed by atoms with Gasteiger partial charge in [-0.1, -0.05) is 59.8 Å². The van der Waals surface area contributed by atoms with Crippen LogP contribution in [0.25, 0.3) is 0 Å². The van der Waals surface area contributed by atoms with Crippen LogP contribution in [0.1, 0.15) is 39.8 Å². The van der Waals surface area contributed by atoms with Gasteiger partial charge in [0.25, 0.3) is 0 Å². The van der Waals surface area contributed by atoms with Crippen molar-refractivity contribution in [2.24, 2.45) is 7.05 Å². The molecule has 3 aromatic rings. The molecular weight excluding hydrogens is 342 g/mol. The van der Waals surface area contributed by atoms with Crippen molar-refractivity contribution in [2.75, 3.05) is 0 Å². The van der Waals surface area contributed by atoms with Crippen LogP contribution in [0.3, 0.4) is 0 Å². The quantitative estimate of drug-likeness (QED) is 0.480. The van der Waals surface area contributed by atoms with Gasteiger partial charge in [-0.3, -0.25) is 4.79 Å². The Labute approximate surface area is 158 Å². The van der Waals surface area contributed by atoms with Gasteiger partial charge in [-0.25, -0.2) is 0 Å². The smallest absolute Gasteiger partial charge is 0.191 e. The highest BCUT2D eigenvalue weighted by molar-refractivity contribution is 8.00. The second-order valence-electron chi connectivity index (χ2n) is 6.56. The third-order valence-corrected chi connectivity index (χ3v) is 5.57. The molecule has 0 saturated heterocycles. The van der Waals surface area contributed by atoms with Crippen molar-refractivity contribution in [1.82, 2.24) is 14.8 Å². The highest BCUT2D eigenvalue weighted by Gasteiger charge is 2.21. The Morgan fingerprint density at radius 1 is 1.12 bits per heavy atom. The number of carbonyl (C=O) groups is 1. The molecule has 26 heavy (non-hydrogen) atoms. The van der Waals surface area contributed by atoms with Crippen molar-refractivity contribution < 1.29 is 4.79 Å². The zero-order chi connectivity index (χ0) is 18.7. The fourth-order valence-corrected chi connectivity index (χ4v) is 3.71. The number of hydrogen-bond acceptors (Lipinski definition) is 4. The van der Waals surface area contributed by atoms with Gasteiger partial charge in [0, 0.05) is 19.0 Å². The molecule has 1 heterocycles. The normalized spacial score (nSPS) is 12.2. The molecule has 0 aliphatic rings. The summed E-state index contributed by atoms with van der Waals surface area (Å²) in [6.45, 7) is 5.91. The van der Waals surface area contributed by atoms with Crippen molar-refractivity contribution in [2.45, 2.75) is 37.6 Å². The summed E-state index contributed by atoms with van der Waals surface area (Å²) in [7, 11) is 1.95. The van der Waals surface area contributed by atoms with E-state index in [1.807, 2.05) is 68.8 Å². The lowest BCUT2D eigenvalue weighted by Gasteiger charge is -2.12. The number of nitrogens with zero attached hydrogens (tertiary/aromatic N) is 3. The molecule has 0 bridgehead atoms. The molecule has 5 heteroatoms. The van der Waals surface area contributed by atoms with Crippen LogP contribution < -0.4 is 0 Å². The SMILES string of the molecule is Cc1ccc(C)c(C(=O)C(C)Sc2nnc(Cc3ccccc3)n2C)c1. The van der Waals surface area contributed by atoms with Crippen molar-refractivity contribution in [3.05, 3.63) is 76.6 Å². The Morgan fingerprint density at radius 3 is 2.58 bits per heavy atom. The molecule has 0 fully saturated rings. The van der Waals surface area contributed by atoms with Crippen molar-refractivity contribution in [3.8, 4) is 0 Å². The third kappa shape index (κ3) is 4.05. The predicted molar refractivity (Wildman–Crippen MR) is 106 cm³/mol. The Morgan fingerprint density at radius 2 is 1.85 bits per heavy atom. The number of hydrogen-bond donors (Lipinski definition) is 0. The van der Waals surface area contributed by atoms with E-state index >= 15 is 0 Å². The molecule has 4 nitrogen and oxygen atoms in total. The summed E-state index contributed by atoms with van der Waals surface area (Å²) in [6, 6.07) is 16.2. The zero-order valence-electron chi connectivity index (χ0n) is 15.6. The lowest BCUT2D eigenvalue weighted by molar-refractivity contribution is 0.0993. The largest absolute Gasteiger partial charge is 0.309 e. The van der Waals surface area contributed by atoms with Crippen molar-refractivity contribution in [1.29, 1.82) is 0 Å². The molecule has 2 aromatic carbocycles. The fraction of sp³-hybridized carbons (Fsp3) is 0.286. The van der Waals surface area contributed by atoms with Crippen LogP contribution in [-0.4, -0.2) is 25.8 Å². The molecule has 134 valence electrons. The van der Waals surface area contributed by atoms with Gasteiger partial charge in [-0.05, 0) is 38.0 Å². The molecule has 1 aromatic heterocycles. The van der Waals surface area contributed by atoms with Crippen LogP contribution in [-0.2, 0) is 13.5 Å². The lowest BCUT2D eigenvalue weighted by atomic mass is 10.0. The second-order valence-corrected chi connectivity index (χ2v) is 7.87. The lowest BCUT2D eigenvalue weighted by Crippen LogP contribution is -2.16. The van der Waals surface area contributed by atoms with E-state index in [1.165, 1.54) is 17.3 Å². The number of aryl methyl sites for hydroxylation is 2. The number of Topliss-reactive ketones (excluding diaryl/α,β-unsaturated/α-hetero) is 1. The number of aromatic nitrogens is 3. The Kier molecular flexibility index (Phi) is 5.57. The fourth-order valence-electron chi connectivity index (χ4n) is 2.81. The van der Waals surface area contributed by atoms with Gasteiger partial charge in [0.05, 0.1) is 5.25 Å². The first kappa shape index (κ1) is 18.4. The second kappa shape index (κ2) is 7.87. The Hall–Kier alpha value is -2.40. The van der Waals surface area contributed by atoms with E-state index in [-0.39, 0.29) is 11.0 Å². The highest BCUT2D eigenvalue weighted by Crippen LogP contribution is 2.26. The van der Waals surface area contributed by atoms with Crippen LogP contribution in [0.5, 0.6) is 0 Å². The topological polar surface area (TPSA) is 47.8 Å². The number of benzene rings is 2. The highest BCUT2D eigenvalue weighted by atomic mass is 32.2. The monoisotopic (exact) mass is 365 g/mol. The number of rotatable bonds is 6. The first-order valence-corrected chi connectivity index (χ1v) is 9.54. The van der Waals surface area contributed by atoms with Gasteiger partial charge in [0.2, 0.25) is 0 Å². The molecule has 0 N–H and O–H groups in total. The van der Waals surface area contributed by atoms with Crippen LogP contribution in [0.4, 0.5) is 0 Å². The Bertz CT molecular complexity index is 918. The van der Waals surface area contributed by atoms with E-state index in [1.54, 1.807) is 0 Å². The molecule has 0 aliphatic heterocycles. The summed E-state index contributed by atoms with van der Waals surface area (Å²) in [5.41, 5.74) is 4.09. The van der Waals surface area contributed by atoms with Gasteiger partial charge >= 0.3 is 0 Å². The first-order chi connectivity index (χ1) is 12.5. The molecule has 3 rings (SSSR count). The molecule has 0 amide bonds. The summed E-state index contributed by atoms with van der Waals surface area (Å²) in [4.78, 5) is 12.9. The number of thioether (sulfide) groups is 1. The summed E-state index contributed by atoms with van der Waals surface area (Å²) >= 11 is 1.46. The predicted octanol–water partition coefficient (Wildman–Crippen LogP) is 4.39. The van der Waals surface area contributed by atoms with E-state index in [9.17, 15) is 4.79 Å². The molecule has 1 atom stereocenters. The standard InChI is InChI=1S/C21H23N3OS/c1-14-10-11-15(2)18(12-14)20(25)16(3)26-21-23-22-19(24(21)4)13-17-8-6-5-7-9-17/h5-12,16H,13H2,1-4H3. The van der Waals surface area contributed by atoms with Crippen molar-refractivity contribution >= 4 is 17.5 Å². The molecule has 0 spiro atoms. The van der Waals surface area contributed by atoms with Crippen LogP contribution in [0.15, 0.2) is 53.7 Å². The zero-order valence-corrected chi connectivity index (χ0v) is 16.4. The van der Waals surface area contributed by atoms with Gasteiger partial charge in [0.1, 0.15) is 5.82 Å². The number of carbonyl (C=O) groups excluding carboxylic acids is 1. The molecule has 1 unspecified atom stereocenters. The number of ketones is 1. The molecule has 0 aliphatic carbocycles. The molecule has 0 saturated carbocycles. The first-order valence-electron chi connectivity index (χ1n) is 8.66. The maximum Gasteiger partial charge on any atom is 0.191 e. The average Bonchev–Trinajstić information content (AvgIpc) is 2.97. The third-order valence-electron chi connectivity index (χ3n) is 4.44. The average molecular weight is 366 g/mol. The van der Waals surface area contributed by atoms with Crippen LogP contribution in [0.2, 0.25) is 0 Å². The molecule has 0 radical (unpaired) electrons. The van der Waals surface area contributed by atoms with E-state index < -0.39 is 0 Å². The van der Waals surface area contributed by atoms with Gasteiger partial charge in [0.15, 0.2) is 10.9 Å². The maximum atomic E-state index is 12.9. The van der Waals surface area contributed by atoms with Crippen molar-refractivity contribution in [3.63, 3.8) is 0 Å². The minimum Gasteiger partial charge on any atom is -0.309 e.